The number of ether oxygens (including phenoxy) is 1. The van der Waals surface area contributed by atoms with Crippen molar-refractivity contribution in [2.45, 2.75) is 20.0 Å². The van der Waals surface area contributed by atoms with Crippen LogP contribution in [0, 0.1) is 0 Å². The first-order valence-electron chi connectivity index (χ1n) is 7.06. The lowest BCUT2D eigenvalue weighted by molar-refractivity contribution is 0.262. The molecule has 3 aromatic rings. The molecule has 5 heteroatoms. The summed E-state index contributed by atoms with van der Waals surface area (Å²) in [6, 6.07) is 15.3. The van der Waals surface area contributed by atoms with E-state index in [1.807, 2.05) is 42.5 Å². The second-order valence-corrected chi connectivity index (χ2v) is 5.14. The van der Waals surface area contributed by atoms with Crippen LogP contribution in [0.1, 0.15) is 18.4 Å². The number of rotatable bonds is 5. The summed E-state index contributed by atoms with van der Waals surface area (Å²) in [5.74, 6) is 1.65. The van der Waals surface area contributed by atoms with Gasteiger partial charge in [0.1, 0.15) is 5.75 Å². The Balaban J connectivity index is 1.74. The SMILES string of the molecule is CCc1ccccc1OCc1nnc(-c2ccccc2Cl)o1. The molecule has 1 aromatic heterocycles. The van der Waals surface area contributed by atoms with E-state index in [1.165, 1.54) is 0 Å². The molecule has 0 spiro atoms. The van der Waals surface area contributed by atoms with Crippen molar-refractivity contribution < 1.29 is 9.15 Å². The van der Waals surface area contributed by atoms with Crippen LogP contribution in [0.4, 0.5) is 0 Å². The lowest BCUT2D eigenvalue weighted by Crippen LogP contribution is -1.98. The van der Waals surface area contributed by atoms with Crippen LogP contribution in [-0.2, 0) is 13.0 Å². The van der Waals surface area contributed by atoms with E-state index in [9.17, 15) is 0 Å². The van der Waals surface area contributed by atoms with Gasteiger partial charge in [-0.3, -0.25) is 0 Å². The maximum absolute atomic E-state index is 6.12. The first-order valence-corrected chi connectivity index (χ1v) is 7.43. The average molecular weight is 315 g/mol. The van der Waals surface area contributed by atoms with Crippen molar-refractivity contribution in [1.82, 2.24) is 10.2 Å². The van der Waals surface area contributed by atoms with Gasteiger partial charge in [-0.1, -0.05) is 48.9 Å². The van der Waals surface area contributed by atoms with Crippen molar-refractivity contribution in [2.75, 3.05) is 0 Å². The summed E-state index contributed by atoms with van der Waals surface area (Å²) in [5.41, 5.74) is 1.87. The normalized spacial score (nSPS) is 10.6. The number of para-hydroxylation sites is 1. The molecule has 112 valence electrons. The molecular weight excluding hydrogens is 300 g/mol. The summed E-state index contributed by atoms with van der Waals surface area (Å²) < 4.78 is 11.4. The summed E-state index contributed by atoms with van der Waals surface area (Å²) in [5, 5.41) is 8.60. The first-order chi connectivity index (χ1) is 10.8. The smallest absolute Gasteiger partial charge is 0.254 e. The van der Waals surface area contributed by atoms with E-state index in [4.69, 9.17) is 20.8 Å². The summed E-state index contributed by atoms with van der Waals surface area (Å²) in [6.45, 7) is 2.32. The van der Waals surface area contributed by atoms with E-state index in [0.717, 1.165) is 23.3 Å². The number of aromatic nitrogens is 2. The van der Waals surface area contributed by atoms with E-state index in [2.05, 4.69) is 17.1 Å². The number of aryl methyl sites for hydroxylation is 1. The highest BCUT2D eigenvalue weighted by molar-refractivity contribution is 6.33. The molecule has 0 saturated carbocycles. The van der Waals surface area contributed by atoms with Crippen molar-refractivity contribution in [3.8, 4) is 17.2 Å². The van der Waals surface area contributed by atoms with Gasteiger partial charge in [0.25, 0.3) is 5.89 Å². The van der Waals surface area contributed by atoms with Crippen LogP contribution in [0.5, 0.6) is 5.75 Å². The maximum atomic E-state index is 6.12. The minimum absolute atomic E-state index is 0.231. The fraction of sp³-hybridized carbons (Fsp3) is 0.176. The summed E-state index contributed by atoms with van der Waals surface area (Å²) in [6.07, 6.45) is 0.908. The molecule has 3 rings (SSSR count). The molecule has 0 bridgehead atoms. The highest BCUT2D eigenvalue weighted by Crippen LogP contribution is 2.26. The van der Waals surface area contributed by atoms with E-state index in [0.29, 0.717) is 16.8 Å². The molecule has 22 heavy (non-hydrogen) atoms. The van der Waals surface area contributed by atoms with Gasteiger partial charge in [-0.2, -0.15) is 0 Å². The summed E-state index contributed by atoms with van der Waals surface area (Å²) >= 11 is 6.12. The predicted molar refractivity (Wildman–Crippen MR) is 84.9 cm³/mol. The molecule has 0 radical (unpaired) electrons. The van der Waals surface area contributed by atoms with Gasteiger partial charge in [0, 0.05) is 0 Å². The Bertz CT molecular complexity index is 771. The zero-order valence-electron chi connectivity index (χ0n) is 12.1. The third-order valence-electron chi connectivity index (χ3n) is 3.28. The summed E-state index contributed by atoms with van der Waals surface area (Å²) in [7, 11) is 0. The number of nitrogens with zero attached hydrogens (tertiary/aromatic N) is 2. The fourth-order valence-corrected chi connectivity index (χ4v) is 2.35. The van der Waals surface area contributed by atoms with Crippen LogP contribution < -0.4 is 4.74 Å². The van der Waals surface area contributed by atoms with Crippen LogP contribution >= 0.6 is 11.6 Å². The van der Waals surface area contributed by atoms with E-state index >= 15 is 0 Å². The number of hydrogen-bond acceptors (Lipinski definition) is 4. The van der Waals surface area contributed by atoms with Gasteiger partial charge >= 0.3 is 0 Å². The van der Waals surface area contributed by atoms with Crippen molar-refractivity contribution in [2.24, 2.45) is 0 Å². The van der Waals surface area contributed by atoms with Crippen molar-refractivity contribution in [3.63, 3.8) is 0 Å². The van der Waals surface area contributed by atoms with Crippen molar-refractivity contribution in [3.05, 3.63) is 65.0 Å². The monoisotopic (exact) mass is 314 g/mol. The van der Waals surface area contributed by atoms with Crippen LogP contribution in [0.25, 0.3) is 11.5 Å². The van der Waals surface area contributed by atoms with Gasteiger partial charge in [-0.15, -0.1) is 10.2 Å². The molecule has 2 aromatic carbocycles. The number of hydrogen-bond donors (Lipinski definition) is 0. The van der Waals surface area contributed by atoms with E-state index in [1.54, 1.807) is 6.07 Å². The molecule has 0 amide bonds. The van der Waals surface area contributed by atoms with Gasteiger partial charge in [0.15, 0.2) is 6.61 Å². The van der Waals surface area contributed by atoms with Crippen LogP contribution in [0.3, 0.4) is 0 Å². The molecule has 0 saturated heterocycles. The van der Waals surface area contributed by atoms with Gasteiger partial charge in [0.05, 0.1) is 10.6 Å². The molecule has 0 fully saturated rings. The zero-order chi connectivity index (χ0) is 15.4. The van der Waals surface area contributed by atoms with Gasteiger partial charge < -0.3 is 9.15 Å². The van der Waals surface area contributed by atoms with Crippen LogP contribution in [0.2, 0.25) is 5.02 Å². The zero-order valence-corrected chi connectivity index (χ0v) is 12.9. The minimum atomic E-state index is 0.231. The Morgan fingerprint density at radius 1 is 1.05 bits per heavy atom. The lowest BCUT2D eigenvalue weighted by atomic mass is 10.1. The van der Waals surface area contributed by atoms with Crippen LogP contribution in [0.15, 0.2) is 52.9 Å². The molecular formula is C17H15ClN2O2. The largest absolute Gasteiger partial charge is 0.484 e. The average Bonchev–Trinajstić information content (AvgIpc) is 3.02. The topological polar surface area (TPSA) is 48.2 Å². The minimum Gasteiger partial charge on any atom is -0.484 e. The number of benzene rings is 2. The van der Waals surface area contributed by atoms with Crippen LogP contribution in [-0.4, -0.2) is 10.2 Å². The Hall–Kier alpha value is -2.33. The second kappa shape index (κ2) is 6.62. The van der Waals surface area contributed by atoms with Crippen molar-refractivity contribution in [1.29, 1.82) is 0 Å². The van der Waals surface area contributed by atoms with Gasteiger partial charge in [-0.05, 0) is 30.2 Å². The molecule has 0 aliphatic heterocycles. The first kappa shape index (κ1) is 14.6. The predicted octanol–water partition coefficient (Wildman–Crippen LogP) is 4.53. The van der Waals surface area contributed by atoms with Crippen molar-refractivity contribution >= 4 is 11.6 Å². The lowest BCUT2D eigenvalue weighted by Gasteiger charge is -2.07. The summed E-state index contributed by atoms with van der Waals surface area (Å²) in [4.78, 5) is 0. The van der Waals surface area contributed by atoms with Gasteiger partial charge in [0.2, 0.25) is 5.89 Å². The molecule has 0 N–H and O–H groups in total. The standard InChI is InChI=1S/C17H15ClN2O2/c1-2-12-7-3-6-10-15(12)21-11-16-19-20-17(22-16)13-8-4-5-9-14(13)18/h3-10H,2,11H2,1H3. The molecule has 0 atom stereocenters. The molecule has 0 unspecified atom stereocenters. The molecule has 4 nitrogen and oxygen atoms in total. The highest BCUT2D eigenvalue weighted by atomic mass is 35.5. The van der Waals surface area contributed by atoms with E-state index < -0.39 is 0 Å². The van der Waals surface area contributed by atoms with Gasteiger partial charge in [-0.25, -0.2) is 0 Å². The Kier molecular flexibility index (Phi) is 4.39. The third-order valence-corrected chi connectivity index (χ3v) is 3.61. The molecule has 1 heterocycles. The number of halogens is 1. The Morgan fingerprint density at radius 3 is 2.64 bits per heavy atom. The van der Waals surface area contributed by atoms with E-state index in [-0.39, 0.29) is 6.61 Å². The Morgan fingerprint density at radius 2 is 1.82 bits per heavy atom. The second-order valence-electron chi connectivity index (χ2n) is 4.73. The third kappa shape index (κ3) is 3.12. The quantitative estimate of drug-likeness (QED) is 0.694. The molecule has 0 aliphatic rings. The highest BCUT2D eigenvalue weighted by Gasteiger charge is 2.12. The maximum Gasteiger partial charge on any atom is 0.254 e. The molecule has 0 aliphatic carbocycles. The fourth-order valence-electron chi connectivity index (χ4n) is 2.13. The Labute approximate surface area is 133 Å².